The lowest BCUT2D eigenvalue weighted by Gasteiger charge is -2.33. The molecule has 148 valence electrons. The zero-order chi connectivity index (χ0) is 20.1. The lowest BCUT2D eigenvalue weighted by Crippen LogP contribution is -2.50. The van der Waals surface area contributed by atoms with Crippen molar-refractivity contribution in [2.75, 3.05) is 26.2 Å². The van der Waals surface area contributed by atoms with Crippen LogP contribution in [0.25, 0.3) is 10.2 Å². The van der Waals surface area contributed by atoms with Crippen LogP contribution in [-0.4, -0.2) is 59.5 Å². The number of nitrogens with zero attached hydrogens (tertiary/aromatic N) is 4. The van der Waals surface area contributed by atoms with Crippen molar-refractivity contribution in [2.45, 2.75) is 11.8 Å². The van der Waals surface area contributed by atoms with Crippen molar-refractivity contribution >= 4 is 49.1 Å². The number of halogens is 1. The monoisotopic (exact) mass is 438 g/mol. The first kappa shape index (κ1) is 19.4. The third-order valence-corrected chi connectivity index (χ3v) is 8.19. The number of carbonyl (C=O) groups excluding carboxylic acids is 1. The molecular formula is C18H19ClN4O3S2. The van der Waals surface area contributed by atoms with Gasteiger partial charge in [-0.25, -0.2) is 8.42 Å². The minimum atomic E-state index is -3.62. The predicted molar refractivity (Wildman–Crippen MR) is 109 cm³/mol. The number of amides is 1. The molecule has 7 nitrogen and oxygen atoms in total. The van der Waals surface area contributed by atoms with E-state index < -0.39 is 10.0 Å². The Morgan fingerprint density at radius 3 is 2.54 bits per heavy atom. The Morgan fingerprint density at radius 1 is 1.18 bits per heavy atom. The van der Waals surface area contributed by atoms with E-state index in [2.05, 4.69) is 5.10 Å². The highest BCUT2D eigenvalue weighted by Gasteiger charge is 2.31. The van der Waals surface area contributed by atoms with Gasteiger partial charge in [0, 0.05) is 43.6 Å². The maximum Gasteiger partial charge on any atom is 0.264 e. The van der Waals surface area contributed by atoms with E-state index in [-0.39, 0.29) is 23.9 Å². The van der Waals surface area contributed by atoms with Crippen molar-refractivity contribution in [1.82, 2.24) is 19.0 Å². The number of fused-ring (bicyclic) bond motifs is 1. The van der Waals surface area contributed by atoms with E-state index in [0.29, 0.717) is 23.0 Å². The summed E-state index contributed by atoms with van der Waals surface area (Å²) in [5.41, 5.74) is 0.894. The number of carbonyl (C=O) groups is 1. The molecule has 0 spiro atoms. The van der Waals surface area contributed by atoms with Gasteiger partial charge in [0.1, 0.15) is 4.83 Å². The Bertz CT molecular complexity index is 1130. The summed E-state index contributed by atoms with van der Waals surface area (Å²) in [6.07, 6.45) is 0. The molecule has 1 amide bonds. The Labute approximate surface area is 172 Å². The number of piperazine rings is 1. The van der Waals surface area contributed by atoms with Crippen LogP contribution in [0.5, 0.6) is 0 Å². The lowest BCUT2D eigenvalue weighted by molar-refractivity contribution is 0.0703. The van der Waals surface area contributed by atoms with E-state index in [1.165, 1.54) is 27.8 Å². The van der Waals surface area contributed by atoms with Gasteiger partial charge in [0.15, 0.2) is 0 Å². The van der Waals surface area contributed by atoms with Crippen molar-refractivity contribution in [1.29, 1.82) is 0 Å². The quantitative estimate of drug-likeness (QED) is 0.630. The molecule has 2 aromatic heterocycles. The fraction of sp³-hybridized carbons (Fsp3) is 0.333. The fourth-order valence-corrected chi connectivity index (χ4v) is 6.19. The minimum Gasteiger partial charge on any atom is -0.335 e. The molecule has 4 rings (SSSR count). The van der Waals surface area contributed by atoms with Gasteiger partial charge in [-0.1, -0.05) is 17.7 Å². The average Bonchev–Trinajstić information content (AvgIpc) is 3.23. The fourth-order valence-electron chi connectivity index (χ4n) is 3.37. The van der Waals surface area contributed by atoms with E-state index >= 15 is 0 Å². The van der Waals surface area contributed by atoms with Crippen LogP contribution in [0.1, 0.15) is 15.4 Å². The van der Waals surface area contributed by atoms with Gasteiger partial charge in [0.05, 0.1) is 15.5 Å². The maximum absolute atomic E-state index is 12.9. The van der Waals surface area contributed by atoms with Gasteiger partial charge in [-0.15, -0.1) is 11.3 Å². The predicted octanol–water partition coefficient (Wildman–Crippen LogP) is 2.74. The third-order valence-electron chi connectivity index (χ3n) is 4.87. The number of hydrogen-bond acceptors (Lipinski definition) is 5. The number of thiophene rings is 1. The smallest absolute Gasteiger partial charge is 0.264 e. The summed E-state index contributed by atoms with van der Waals surface area (Å²) in [5, 5.41) is 5.72. The van der Waals surface area contributed by atoms with Gasteiger partial charge < -0.3 is 4.90 Å². The summed E-state index contributed by atoms with van der Waals surface area (Å²) in [7, 11) is -1.76. The average molecular weight is 439 g/mol. The Hall–Kier alpha value is -1.94. The normalized spacial score (nSPS) is 16.0. The number of rotatable bonds is 3. The molecule has 1 saturated heterocycles. The van der Waals surface area contributed by atoms with Crippen molar-refractivity contribution in [3.63, 3.8) is 0 Å². The van der Waals surface area contributed by atoms with Gasteiger partial charge in [-0.2, -0.15) is 9.40 Å². The Kier molecular flexibility index (Phi) is 4.95. The second-order valence-corrected chi connectivity index (χ2v) is 10.1. The van der Waals surface area contributed by atoms with Crippen molar-refractivity contribution in [3.8, 4) is 0 Å². The highest BCUT2D eigenvalue weighted by atomic mass is 35.5. The molecular weight excluding hydrogens is 420 g/mol. The molecule has 1 aromatic carbocycles. The van der Waals surface area contributed by atoms with Crippen LogP contribution in [0.2, 0.25) is 5.02 Å². The van der Waals surface area contributed by atoms with Crippen LogP contribution < -0.4 is 0 Å². The molecule has 1 aliphatic rings. The summed E-state index contributed by atoms with van der Waals surface area (Å²) in [6.45, 7) is 3.13. The highest BCUT2D eigenvalue weighted by molar-refractivity contribution is 7.89. The molecule has 0 aliphatic carbocycles. The van der Waals surface area contributed by atoms with Gasteiger partial charge in [-0.3, -0.25) is 9.48 Å². The summed E-state index contributed by atoms with van der Waals surface area (Å²) >= 11 is 7.34. The van der Waals surface area contributed by atoms with Crippen LogP contribution in [0.3, 0.4) is 0 Å². The van der Waals surface area contributed by atoms with Crippen LogP contribution in [0.4, 0.5) is 0 Å². The summed E-state index contributed by atoms with van der Waals surface area (Å²) in [6, 6.07) is 8.11. The van der Waals surface area contributed by atoms with Crippen molar-refractivity contribution in [3.05, 3.63) is 45.9 Å². The van der Waals surface area contributed by atoms with Crippen LogP contribution in [0.15, 0.2) is 35.2 Å². The van der Waals surface area contributed by atoms with Gasteiger partial charge in [0.25, 0.3) is 5.91 Å². The second kappa shape index (κ2) is 7.14. The zero-order valence-corrected chi connectivity index (χ0v) is 17.8. The van der Waals surface area contributed by atoms with Gasteiger partial charge in [-0.05, 0) is 31.2 Å². The molecule has 10 heteroatoms. The topological polar surface area (TPSA) is 75.5 Å². The molecule has 3 heterocycles. The maximum atomic E-state index is 12.9. The zero-order valence-electron chi connectivity index (χ0n) is 15.4. The molecule has 1 aliphatic heterocycles. The lowest BCUT2D eigenvalue weighted by atomic mass is 10.3. The minimum absolute atomic E-state index is 0.0691. The summed E-state index contributed by atoms with van der Waals surface area (Å²) < 4.78 is 28.8. The van der Waals surface area contributed by atoms with Gasteiger partial charge >= 0.3 is 0 Å². The SMILES string of the molecule is Cc1nn(C)c2sc(C(=O)N3CCN(S(=O)(=O)c4cccc(Cl)c4)CC3)cc12. The van der Waals surface area contributed by atoms with Crippen LogP contribution >= 0.6 is 22.9 Å². The number of aromatic nitrogens is 2. The summed E-state index contributed by atoms with van der Waals surface area (Å²) in [5.74, 6) is -0.0691. The molecule has 3 aromatic rings. The number of hydrogen-bond donors (Lipinski definition) is 0. The van der Waals surface area contributed by atoms with Crippen LogP contribution in [-0.2, 0) is 17.1 Å². The molecule has 0 bridgehead atoms. The number of aryl methyl sites for hydroxylation is 2. The van der Waals surface area contributed by atoms with E-state index in [4.69, 9.17) is 11.6 Å². The molecule has 0 N–H and O–H groups in total. The molecule has 0 atom stereocenters. The molecule has 0 unspecified atom stereocenters. The first-order valence-corrected chi connectivity index (χ1v) is 11.4. The first-order chi connectivity index (χ1) is 13.3. The molecule has 28 heavy (non-hydrogen) atoms. The third kappa shape index (κ3) is 3.32. The van der Waals surface area contributed by atoms with Crippen LogP contribution in [0, 0.1) is 6.92 Å². The standard InChI is InChI=1S/C18H19ClN4O3S2/c1-12-15-11-16(27-18(15)21(2)20-12)17(24)22-6-8-23(9-7-22)28(25,26)14-5-3-4-13(19)10-14/h3-5,10-11H,6-9H2,1-2H3. The number of benzene rings is 1. The first-order valence-electron chi connectivity index (χ1n) is 8.75. The van der Waals surface area contributed by atoms with E-state index in [0.717, 1.165) is 15.9 Å². The Balaban J connectivity index is 1.48. The number of sulfonamides is 1. The van der Waals surface area contributed by atoms with E-state index in [1.807, 2.05) is 20.0 Å². The summed E-state index contributed by atoms with van der Waals surface area (Å²) in [4.78, 5) is 16.4. The van der Waals surface area contributed by atoms with E-state index in [1.54, 1.807) is 21.7 Å². The van der Waals surface area contributed by atoms with Crippen molar-refractivity contribution < 1.29 is 13.2 Å². The molecule has 0 saturated carbocycles. The molecule has 1 fully saturated rings. The Morgan fingerprint density at radius 2 is 1.89 bits per heavy atom. The molecule has 0 radical (unpaired) electrons. The van der Waals surface area contributed by atoms with Crippen molar-refractivity contribution in [2.24, 2.45) is 7.05 Å². The van der Waals surface area contributed by atoms with E-state index in [9.17, 15) is 13.2 Å². The largest absolute Gasteiger partial charge is 0.335 e. The highest BCUT2D eigenvalue weighted by Crippen LogP contribution is 2.29. The van der Waals surface area contributed by atoms with Gasteiger partial charge in [0.2, 0.25) is 10.0 Å². The second-order valence-electron chi connectivity index (χ2n) is 6.69.